The molecule has 1 aliphatic rings. The monoisotopic (exact) mass is 314 g/mol. The number of pyridine rings is 1. The second kappa shape index (κ2) is 7.44. The zero-order valence-corrected chi connectivity index (χ0v) is 14.1. The number of likely N-dealkylation sites (tertiary alicyclic amines) is 1. The summed E-state index contributed by atoms with van der Waals surface area (Å²) in [6.07, 6.45) is 6.52. The van der Waals surface area contributed by atoms with Crippen molar-refractivity contribution in [2.45, 2.75) is 32.6 Å². The van der Waals surface area contributed by atoms with Crippen LogP contribution in [0.2, 0.25) is 0 Å². The van der Waals surface area contributed by atoms with Crippen LogP contribution in [0, 0.1) is 5.92 Å². The number of hydrogen-bond acceptors (Lipinski definition) is 3. The van der Waals surface area contributed by atoms with Crippen LogP contribution in [-0.4, -0.2) is 52.1 Å². The molecule has 1 N–H and O–H groups in total. The second-order valence-corrected chi connectivity index (χ2v) is 6.32. The average molecular weight is 314 g/mol. The molecule has 124 valence electrons. The number of fused-ring (bicyclic) bond motifs is 1. The smallest absolute Gasteiger partial charge is 0.193 e. The van der Waals surface area contributed by atoms with Gasteiger partial charge in [0.1, 0.15) is 5.82 Å². The molecule has 3 rings (SSSR count). The van der Waals surface area contributed by atoms with Gasteiger partial charge in [-0.3, -0.25) is 9.39 Å². The lowest BCUT2D eigenvalue weighted by molar-refractivity contribution is 0.266. The number of guanidine groups is 1. The summed E-state index contributed by atoms with van der Waals surface area (Å²) in [6, 6.07) is 5.98. The highest BCUT2D eigenvalue weighted by atomic mass is 15.3. The zero-order valence-electron chi connectivity index (χ0n) is 14.1. The molecule has 23 heavy (non-hydrogen) atoms. The molecule has 6 nitrogen and oxygen atoms in total. The number of rotatable bonds is 4. The van der Waals surface area contributed by atoms with E-state index in [0.717, 1.165) is 55.8 Å². The van der Waals surface area contributed by atoms with Crippen molar-refractivity contribution < 1.29 is 0 Å². The molecular formula is C17H26N6. The van der Waals surface area contributed by atoms with Crippen molar-refractivity contribution in [3.05, 3.63) is 30.2 Å². The van der Waals surface area contributed by atoms with E-state index < -0.39 is 0 Å². The average Bonchev–Trinajstić information content (AvgIpc) is 2.98. The Bertz CT molecular complexity index is 662. The highest BCUT2D eigenvalue weighted by Gasteiger charge is 2.18. The van der Waals surface area contributed by atoms with Crippen molar-refractivity contribution in [1.82, 2.24) is 24.8 Å². The standard InChI is InChI=1S/C17H26N6/c1-14-7-6-11-22(13-14)17(18-2)19-10-5-9-16-21-20-15-8-3-4-12-23(15)16/h3-4,8,12,14H,5-7,9-11,13H2,1-2H3,(H,18,19). The summed E-state index contributed by atoms with van der Waals surface area (Å²) in [7, 11) is 1.87. The maximum atomic E-state index is 4.43. The van der Waals surface area contributed by atoms with Gasteiger partial charge in [0.25, 0.3) is 0 Å². The maximum Gasteiger partial charge on any atom is 0.193 e. The van der Waals surface area contributed by atoms with E-state index in [1.165, 1.54) is 12.8 Å². The summed E-state index contributed by atoms with van der Waals surface area (Å²) < 4.78 is 2.06. The Morgan fingerprint density at radius 1 is 1.39 bits per heavy atom. The lowest BCUT2D eigenvalue weighted by Gasteiger charge is -2.33. The van der Waals surface area contributed by atoms with Crippen molar-refractivity contribution in [1.29, 1.82) is 0 Å². The Labute approximate surface area is 137 Å². The summed E-state index contributed by atoms with van der Waals surface area (Å²) in [5, 5.41) is 12.0. The number of nitrogens with zero attached hydrogens (tertiary/aromatic N) is 5. The molecule has 0 amide bonds. The van der Waals surface area contributed by atoms with Gasteiger partial charge in [0.2, 0.25) is 0 Å². The van der Waals surface area contributed by atoms with Gasteiger partial charge in [-0.15, -0.1) is 10.2 Å². The molecule has 0 aliphatic carbocycles. The Hall–Kier alpha value is -2.11. The molecule has 0 spiro atoms. The van der Waals surface area contributed by atoms with Crippen molar-refractivity contribution in [2.24, 2.45) is 10.9 Å². The lowest BCUT2D eigenvalue weighted by atomic mass is 10.0. The number of aliphatic imine (C=N–C) groups is 1. The van der Waals surface area contributed by atoms with Crippen molar-refractivity contribution in [2.75, 3.05) is 26.7 Å². The fraction of sp³-hybridized carbons (Fsp3) is 0.588. The fourth-order valence-corrected chi connectivity index (χ4v) is 3.22. The summed E-state index contributed by atoms with van der Waals surface area (Å²) in [5.41, 5.74) is 0.911. The summed E-state index contributed by atoms with van der Waals surface area (Å²) in [6.45, 7) is 5.43. The van der Waals surface area contributed by atoms with E-state index in [4.69, 9.17) is 0 Å². The van der Waals surface area contributed by atoms with E-state index in [9.17, 15) is 0 Å². The van der Waals surface area contributed by atoms with Crippen molar-refractivity contribution >= 4 is 11.6 Å². The van der Waals surface area contributed by atoms with Crippen LogP contribution in [0.1, 0.15) is 32.0 Å². The van der Waals surface area contributed by atoms with Crippen LogP contribution in [0.3, 0.4) is 0 Å². The molecule has 3 heterocycles. The minimum absolute atomic E-state index is 0.754. The largest absolute Gasteiger partial charge is 0.356 e. The number of aryl methyl sites for hydroxylation is 1. The van der Waals surface area contributed by atoms with Gasteiger partial charge in [0.05, 0.1) is 0 Å². The SMILES string of the molecule is CN=C(NCCCc1nnc2ccccn12)N1CCCC(C)C1. The van der Waals surface area contributed by atoms with Gasteiger partial charge in [-0.05, 0) is 37.3 Å². The molecule has 1 atom stereocenters. The van der Waals surface area contributed by atoms with Crippen LogP contribution in [0.5, 0.6) is 0 Å². The maximum absolute atomic E-state index is 4.43. The Morgan fingerprint density at radius 3 is 3.13 bits per heavy atom. The van der Waals surface area contributed by atoms with Gasteiger partial charge in [-0.2, -0.15) is 0 Å². The van der Waals surface area contributed by atoms with Gasteiger partial charge in [-0.25, -0.2) is 0 Å². The van der Waals surface area contributed by atoms with E-state index >= 15 is 0 Å². The van der Waals surface area contributed by atoms with Crippen LogP contribution in [0.15, 0.2) is 29.4 Å². The molecule has 2 aromatic rings. The molecule has 2 aromatic heterocycles. The quantitative estimate of drug-likeness (QED) is 0.532. The van der Waals surface area contributed by atoms with E-state index in [2.05, 4.69) is 36.7 Å². The first-order valence-corrected chi connectivity index (χ1v) is 8.52. The van der Waals surface area contributed by atoms with Gasteiger partial charge < -0.3 is 10.2 Å². The first-order chi connectivity index (χ1) is 11.3. The topological polar surface area (TPSA) is 57.8 Å². The zero-order chi connectivity index (χ0) is 16.1. The fourth-order valence-electron chi connectivity index (χ4n) is 3.22. The minimum Gasteiger partial charge on any atom is -0.356 e. The third-order valence-electron chi connectivity index (χ3n) is 4.41. The van der Waals surface area contributed by atoms with Crippen molar-refractivity contribution in [3.8, 4) is 0 Å². The van der Waals surface area contributed by atoms with E-state index in [1.54, 1.807) is 0 Å². The van der Waals surface area contributed by atoms with E-state index in [-0.39, 0.29) is 0 Å². The summed E-state index contributed by atoms with van der Waals surface area (Å²) in [4.78, 5) is 6.80. The Morgan fingerprint density at radius 2 is 2.30 bits per heavy atom. The minimum atomic E-state index is 0.754. The summed E-state index contributed by atoms with van der Waals surface area (Å²) >= 11 is 0. The van der Waals surface area contributed by atoms with Crippen LogP contribution in [-0.2, 0) is 6.42 Å². The lowest BCUT2D eigenvalue weighted by Crippen LogP contribution is -2.46. The Kier molecular flexibility index (Phi) is 5.10. The Balaban J connectivity index is 1.49. The second-order valence-electron chi connectivity index (χ2n) is 6.32. The number of aromatic nitrogens is 3. The van der Waals surface area contributed by atoms with Gasteiger partial charge in [0, 0.05) is 39.3 Å². The molecule has 0 bridgehead atoms. The van der Waals surface area contributed by atoms with Crippen molar-refractivity contribution in [3.63, 3.8) is 0 Å². The third-order valence-corrected chi connectivity index (χ3v) is 4.41. The highest BCUT2D eigenvalue weighted by Crippen LogP contribution is 2.15. The third kappa shape index (κ3) is 3.81. The van der Waals surface area contributed by atoms with Gasteiger partial charge >= 0.3 is 0 Å². The molecular weight excluding hydrogens is 288 g/mol. The number of hydrogen-bond donors (Lipinski definition) is 1. The highest BCUT2D eigenvalue weighted by molar-refractivity contribution is 5.79. The summed E-state index contributed by atoms with van der Waals surface area (Å²) in [5.74, 6) is 2.80. The van der Waals surface area contributed by atoms with E-state index in [1.807, 2.05) is 31.4 Å². The van der Waals surface area contributed by atoms with Gasteiger partial charge in [-0.1, -0.05) is 13.0 Å². The van der Waals surface area contributed by atoms with Crippen LogP contribution >= 0.6 is 0 Å². The normalized spacial score (nSPS) is 19.3. The number of piperidine rings is 1. The van der Waals surface area contributed by atoms with Crippen LogP contribution in [0.25, 0.3) is 5.65 Å². The van der Waals surface area contributed by atoms with Crippen LogP contribution in [0.4, 0.5) is 0 Å². The predicted octanol–water partition coefficient (Wildman–Crippen LogP) is 1.97. The van der Waals surface area contributed by atoms with E-state index in [0.29, 0.717) is 0 Å². The molecule has 0 saturated carbocycles. The molecule has 6 heteroatoms. The predicted molar refractivity (Wildman–Crippen MR) is 92.6 cm³/mol. The molecule has 1 unspecified atom stereocenters. The van der Waals surface area contributed by atoms with Gasteiger partial charge in [0.15, 0.2) is 11.6 Å². The number of nitrogens with one attached hydrogen (secondary N) is 1. The molecule has 0 aromatic carbocycles. The first kappa shape index (κ1) is 15.8. The molecule has 0 radical (unpaired) electrons. The molecule has 1 fully saturated rings. The van der Waals surface area contributed by atoms with Crippen LogP contribution < -0.4 is 5.32 Å². The molecule has 1 saturated heterocycles. The molecule has 1 aliphatic heterocycles. The first-order valence-electron chi connectivity index (χ1n) is 8.52.